The Kier molecular flexibility index (Phi) is 4.25. The minimum absolute atomic E-state index is 0.180. The second-order valence-corrected chi connectivity index (χ2v) is 5.97. The van der Waals surface area contributed by atoms with Gasteiger partial charge in [-0.2, -0.15) is 0 Å². The van der Waals surface area contributed by atoms with E-state index in [0.717, 1.165) is 25.9 Å². The standard InChI is InChI=1S/C17H23N3O/c1-12-3-2-4-15-14(11-20-17(12)15)6-8-19-16(21)9-13-5-7-18-10-13/h2-4,11,13,18,20H,5-10H2,1H3,(H,19,21)/t13-/m1/s1. The summed E-state index contributed by atoms with van der Waals surface area (Å²) in [7, 11) is 0. The third kappa shape index (κ3) is 3.27. The SMILES string of the molecule is Cc1cccc2c(CCNC(=O)C[C@H]3CCNC3)c[nH]c12. The molecule has 1 aliphatic rings. The molecule has 1 aromatic carbocycles. The number of fused-ring (bicyclic) bond motifs is 1. The molecule has 2 heterocycles. The number of benzene rings is 1. The van der Waals surface area contributed by atoms with Crippen LogP contribution in [0.2, 0.25) is 0 Å². The molecule has 1 atom stereocenters. The van der Waals surface area contributed by atoms with Gasteiger partial charge in [-0.3, -0.25) is 4.79 Å². The Balaban J connectivity index is 1.52. The van der Waals surface area contributed by atoms with Crippen LogP contribution in [0.25, 0.3) is 10.9 Å². The summed E-state index contributed by atoms with van der Waals surface area (Å²) in [6, 6.07) is 6.33. The number of para-hydroxylation sites is 1. The van der Waals surface area contributed by atoms with Crippen molar-refractivity contribution in [3.8, 4) is 0 Å². The Labute approximate surface area is 125 Å². The molecule has 1 aliphatic heterocycles. The molecular weight excluding hydrogens is 262 g/mol. The number of carbonyl (C=O) groups excluding carboxylic acids is 1. The molecular formula is C17H23N3O. The second-order valence-electron chi connectivity index (χ2n) is 5.97. The molecule has 4 heteroatoms. The quantitative estimate of drug-likeness (QED) is 0.788. The molecule has 1 amide bonds. The topological polar surface area (TPSA) is 56.9 Å². The Morgan fingerprint density at radius 1 is 1.43 bits per heavy atom. The predicted octanol–water partition coefficient (Wildman–Crippen LogP) is 2.13. The van der Waals surface area contributed by atoms with Crippen LogP contribution in [0.5, 0.6) is 0 Å². The number of hydrogen-bond donors (Lipinski definition) is 3. The molecule has 3 N–H and O–H groups in total. The van der Waals surface area contributed by atoms with Crippen molar-refractivity contribution in [3.63, 3.8) is 0 Å². The molecule has 4 nitrogen and oxygen atoms in total. The van der Waals surface area contributed by atoms with Gasteiger partial charge < -0.3 is 15.6 Å². The number of aromatic nitrogens is 1. The highest BCUT2D eigenvalue weighted by molar-refractivity contribution is 5.86. The molecule has 0 aliphatic carbocycles. The van der Waals surface area contributed by atoms with Gasteiger partial charge in [0.05, 0.1) is 0 Å². The molecule has 0 spiro atoms. The summed E-state index contributed by atoms with van der Waals surface area (Å²) >= 11 is 0. The van der Waals surface area contributed by atoms with Gasteiger partial charge in [-0.05, 0) is 49.9 Å². The normalized spacial score (nSPS) is 18.2. The largest absolute Gasteiger partial charge is 0.361 e. The molecule has 1 aromatic heterocycles. The summed E-state index contributed by atoms with van der Waals surface area (Å²) in [5.74, 6) is 0.695. The van der Waals surface area contributed by atoms with Crippen molar-refractivity contribution < 1.29 is 4.79 Å². The van der Waals surface area contributed by atoms with Crippen molar-refractivity contribution in [3.05, 3.63) is 35.5 Å². The van der Waals surface area contributed by atoms with E-state index in [1.54, 1.807) is 0 Å². The zero-order valence-corrected chi connectivity index (χ0v) is 12.5. The Morgan fingerprint density at radius 2 is 2.33 bits per heavy atom. The smallest absolute Gasteiger partial charge is 0.220 e. The van der Waals surface area contributed by atoms with Crippen LogP contribution in [0.15, 0.2) is 24.4 Å². The van der Waals surface area contributed by atoms with Gasteiger partial charge in [0.15, 0.2) is 0 Å². The third-order valence-electron chi connectivity index (χ3n) is 4.36. The molecule has 2 aromatic rings. The lowest BCUT2D eigenvalue weighted by molar-refractivity contribution is -0.121. The van der Waals surface area contributed by atoms with Crippen molar-refractivity contribution >= 4 is 16.8 Å². The third-order valence-corrected chi connectivity index (χ3v) is 4.36. The Bertz CT molecular complexity index is 626. The van der Waals surface area contributed by atoms with Crippen LogP contribution in [0, 0.1) is 12.8 Å². The lowest BCUT2D eigenvalue weighted by atomic mass is 10.0. The number of amides is 1. The van der Waals surface area contributed by atoms with E-state index >= 15 is 0 Å². The maximum Gasteiger partial charge on any atom is 0.220 e. The molecule has 0 bridgehead atoms. The molecule has 0 radical (unpaired) electrons. The summed E-state index contributed by atoms with van der Waals surface area (Å²) < 4.78 is 0. The van der Waals surface area contributed by atoms with Crippen LogP contribution < -0.4 is 10.6 Å². The van der Waals surface area contributed by atoms with Crippen LogP contribution in [0.1, 0.15) is 24.0 Å². The van der Waals surface area contributed by atoms with Crippen molar-refractivity contribution in [1.29, 1.82) is 0 Å². The highest BCUT2D eigenvalue weighted by atomic mass is 16.1. The first-order valence-electron chi connectivity index (χ1n) is 7.77. The molecule has 1 fully saturated rings. The fraction of sp³-hybridized carbons (Fsp3) is 0.471. The van der Waals surface area contributed by atoms with E-state index in [-0.39, 0.29) is 5.91 Å². The van der Waals surface area contributed by atoms with E-state index in [4.69, 9.17) is 0 Å². The molecule has 0 saturated carbocycles. The van der Waals surface area contributed by atoms with E-state index in [0.29, 0.717) is 18.9 Å². The van der Waals surface area contributed by atoms with Gasteiger partial charge in [0, 0.05) is 30.1 Å². The van der Waals surface area contributed by atoms with E-state index in [1.165, 1.54) is 22.0 Å². The first kappa shape index (κ1) is 14.1. The van der Waals surface area contributed by atoms with Gasteiger partial charge in [0.1, 0.15) is 0 Å². The van der Waals surface area contributed by atoms with Gasteiger partial charge in [-0.1, -0.05) is 18.2 Å². The van der Waals surface area contributed by atoms with Gasteiger partial charge in [0.2, 0.25) is 5.91 Å². The molecule has 21 heavy (non-hydrogen) atoms. The maximum atomic E-state index is 11.9. The van der Waals surface area contributed by atoms with E-state index in [9.17, 15) is 4.79 Å². The minimum Gasteiger partial charge on any atom is -0.361 e. The Morgan fingerprint density at radius 3 is 3.14 bits per heavy atom. The van der Waals surface area contributed by atoms with Crippen LogP contribution in [0.4, 0.5) is 0 Å². The van der Waals surface area contributed by atoms with Crippen LogP contribution in [-0.2, 0) is 11.2 Å². The maximum absolute atomic E-state index is 11.9. The Hall–Kier alpha value is -1.81. The first-order valence-corrected chi connectivity index (χ1v) is 7.77. The predicted molar refractivity (Wildman–Crippen MR) is 85.3 cm³/mol. The zero-order valence-electron chi connectivity index (χ0n) is 12.5. The zero-order chi connectivity index (χ0) is 14.7. The highest BCUT2D eigenvalue weighted by Gasteiger charge is 2.17. The van der Waals surface area contributed by atoms with Gasteiger partial charge in [0.25, 0.3) is 0 Å². The molecule has 1 saturated heterocycles. The average Bonchev–Trinajstić information content (AvgIpc) is 3.10. The lowest BCUT2D eigenvalue weighted by Crippen LogP contribution is -2.28. The van der Waals surface area contributed by atoms with Gasteiger partial charge in [-0.15, -0.1) is 0 Å². The van der Waals surface area contributed by atoms with Crippen molar-refractivity contribution in [1.82, 2.24) is 15.6 Å². The van der Waals surface area contributed by atoms with E-state index in [1.807, 2.05) is 0 Å². The van der Waals surface area contributed by atoms with Crippen molar-refractivity contribution in [2.75, 3.05) is 19.6 Å². The van der Waals surface area contributed by atoms with Crippen LogP contribution in [0.3, 0.4) is 0 Å². The average molecular weight is 285 g/mol. The lowest BCUT2D eigenvalue weighted by Gasteiger charge is -2.08. The first-order chi connectivity index (χ1) is 10.2. The number of carbonyl (C=O) groups is 1. The fourth-order valence-electron chi connectivity index (χ4n) is 3.13. The monoisotopic (exact) mass is 285 g/mol. The number of rotatable bonds is 5. The molecule has 112 valence electrons. The fourth-order valence-corrected chi connectivity index (χ4v) is 3.13. The van der Waals surface area contributed by atoms with Crippen molar-refractivity contribution in [2.45, 2.75) is 26.2 Å². The van der Waals surface area contributed by atoms with Crippen LogP contribution >= 0.6 is 0 Å². The summed E-state index contributed by atoms with van der Waals surface area (Å²) in [5.41, 5.74) is 3.74. The summed E-state index contributed by atoms with van der Waals surface area (Å²) in [4.78, 5) is 15.2. The summed E-state index contributed by atoms with van der Waals surface area (Å²) in [5, 5.41) is 7.61. The number of nitrogens with one attached hydrogen (secondary N) is 3. The number of hydrogen-bond acceptors (Lipinski definition) is 2. The van der Waals surface area contributed by atoms with E-state index < -0.39 is 0 Å². The van der Waals surface area contributed by atoms with Gasteiger partial charge in [-0.25, -0.2) is 0 Å². The van der Waals surface area contributed by atoms with E-state index in [2.05, 4.69) is 46.9 Å². The van der Waals surface area contributed by atoms with Gasteiger partial charge >= 0.3 is 0 Å². The molecule has 3 rings (SSSR count). The summed E-state index contributed by atoms with van der Waals surface area (Å²) in [6.07, 6.45) is 4.71. The number of H-pyrrole nitrogens is 1. The molecule has 0 unspecified atom stereocenters. The second kappa shape index (κ2) is 6.31. The van der Waals surface area contributed by atoms with Crippen molar-refractivity contribution in [2.24, 2.45) is 5.92 Å². The highest BCUT2D eigenvalue weighted by Crippen LogP contribution is 2.21. The summed E-state index contributed by atoms with van der Waals surface area (Å²) in [6.45, 7) is 4.85. The number of aromatic amines is 1. The number of aryl methyl sites for hydroxylation is 1. The van der Waals surface area contributed by atoms with Crippen LogP contribution in [-0.4, -0.2) is 30.5 Å². The minimum atomic E-state index is 0.180.